The summed E-state index contributed by atoms with van der Waals surface area (Å²) in [5, 5.41) is 0. The summed E-state index contributed by atoms with van der Waals surface area (Å²) in [4.78, 5) is 11.0. The molecule has 0 spiro atoms. The van der Waals surface area contributed by atoms with Crippen molar-refractivity contribution < 1.29 is 27.4 Å². The van der Waals surface area contributed by atoms with E-state index in [2.05, 4.69) is 0 Å². The summed E-state index contributed by atoms with van der Waals surface area (Å²) in [7, 11) is 0. The second kappa shape index (κ2) is 4.86. The van der Waals surface area contributed by atoms with E-state index in [9.17, 15) is 18.0 Å². The number of carbonyl (C=O) groups is 1. The van der Waals surface area contributed by atoms with E-state index in [1.807, 2.05) is 0 Å². The summed E-state index contributed by atoms with van der Waals surface area (Å²) in [5.41, 5.74) is -0.344. The van der Waals surface area contributed by atoms with Gasteiger partial charge in [0, 0.05) is 18.6 Å². The van der Waals surface area contributed by atoms with E-state index < -0.39 is 24.2 Å². The van der Waals surface area contributed by atoms with Gasteiger partial charge in [0.2, 0.25) is 0 Å². The van der Waals surface area contributed by atoms with Gasteiger partial charge >= 0.3 is 6.18 Å². The zero-order valence-corrected chi connectivity index (χ0v) is 9.00. The third-order valence-electron chi connectivity index (χ3n) is 2.30. The van der Waals surface area contributed by atoms with E-state index in [1.165, 1.54) is 0 Å². The largest absolute Gasteiger partial charge is 0.472 e. The Hall–Kier alpha value is -1.04. The lowest BCUT2D eigenvalue weighted by atomic mass is 9.93. The molecule has 0 aromatic carbocycles. The highest BCUT2D eigenvalue weighted by Crippen LogP contribution is 2.31. The van der Waals surface area contributed by atoms with Gasteiger partial charge in [0.05, 0.1) is 6.26 Å². The summed E-state index contributed by atoms with van der Waals surface area (Å²) in [6, 6.07) is 0. The van der Waals surface area contributed by atoms with Gasteiger partial charge in [0.15, 0.2) is 6.29 Å². The molecule has 16 heavy (non-hydrogen) atoms. The quantitative estimate of drug-likeness (QED) is 0.757. The van der Waals surface area contributed by atoms with Gasteiger partial charge < -0.3 is 9.47 Å². The SMILES string of the molecule is CCOC1CC(C)C(C(=O)C(F)(F)F)=CO1. The molecule has 1 aliphatic heterocycles. The minimum atomic E-state index is -4.85. The highest BCUT2D eigenvalue weighted by atomic mass is 19.4. The van der Waals surface area contributed by atoms with Crippen LogP contribution in [0.15, 0.2) is 11.8 Å². The molecule has 3 nitrogen and oxygen atoms in total. The Morgan fingerprint density at radius 1 is 1.62 bits per heavy atom. The van der Waals surface area contributed by atoms with Crippen molar-refractivity contribution >= 4 is 5.78 Å². The minimum Gasteiger partial charge on any atom is -0.472 e. The number of rotatable bonds is 3. The summed E-state index contributed by atoms with van der Waals surface area (Å²) in [6.07, 6.45) is -4.29. The van der Waals surface area contributed by atoms with Crippen LogP contribution in [0.5, 0.6) is 0 Å². The molecule has 2 atom stereocenters. The monoisotopic (exact) mass is 238 g/mol. The Morgan fingerprint density at radius 3 is 2.69 bits per heavy atom. The van der Waals surface area contributed by atoms with Crippen molar-refractivity contribution in [2.24, 2.45) is 5.92 Å². The maximum absolute atomic E-state index is 12.2. The Labute approximate surface area is 91.2 Å². The molecular weight excluding hydrogens is 225 g/mol. The maximum atomic E-state index is 12.2. The van der Waals surface area contributed by atoms with E-state index in [1.54, 1.807) is 13.8 Å². The molecule has 0 amide bonds. The average Bonchev–Trinajstić information content (AvgIpc) is 2.16. The van der Waals surface area contributed by atoms with E-state index in [0.717, 1.165) is 6.26 Å². The van der Waals surface area contributed by atoms with Crippen molar-refractivity contribution in [3.05, 3.63) is 11.8 Å². The van der Waals surface area contributed by atoms with Crippen LogP contribution in [0.1, 0.15) is 20.3 Å². The Morgan fingerprint density at radius 2 is 2.25 bits per heavy atom. The molecule has 1 aliphatic rings. The molecule has 0 aromatic rings. The second-order valence-corrected chi connectivity index (χ2v) is 3.56. The summed E-state index contributed by atoms with van der Waals surface area (Å²) in [5.74, 6) is -2.35. The first-order valence-electron chi connectivity index (χ1n) is 4.95. The van der Waals surface area contributed by atoms with Crippen molar-refractivity contribution in [3.63, 3.8) is 0 Å². The van der Waals surface area contributed by atoms with Crippen LogP contribution in [-0.4, -0.2) is 24.9 Å². The van der Waals surface area contributed by atoms with Crippen LogP contribution < -0.4 is 0 Å². The van der Waals surface area contributed by atoms with Crippen LogP contribution in [-0.2, 0) is 14.3 Å². The molecule has 0 N–H and O–H groups in total. The summed E-state index contributed by atoms with van der Waals surface area (Å²) < 4.78 is 46.5. The second-order valence-electron chi connectivity index (χ2n) is 3.56. The lowest BCUT2D eigenvalue weighted by Crippen LogP contribution is -2.32. The number of hydrogen-bond donors (Lipinski definition) is 0. The van der Waals surface area contributed by atoms with Crippen LogP contribution in [0.3, 0.4) is 0 Å². The zero-order chi connectivity index (χ0) is 12.3. The molecule has 0 radical (unpaired) electrons. The summed E-state index contributed by atoms with van der Waals surface area (Å²) >= 11 is 0. The van der Waals surface area contributed by atoms with Gasteiger partial charge in [-0.05, 0) is 12.8 Å². The van der Waals surface area contributed by atoms with Gasteiger partial charge in [0.25, 0.3) is 5.78 Å². The first kappa shape index (κ1) is 13.0. The van der Waals surface area contributed by atoms with Gasteiger partial charge in [-0.15, -0.1) is 0 Å². The Kier molecular flexibility index (Phi) is 3.96. The molecular formula is C10H13F3O3. The lowest BCUT2D eigenvalue weighted by Gasteiger charge is -2.27. The van der Waals surface area contributed by atoms with Gasteiger partial charge in [-0.2, -0.15) is 13.2 Å². The zero-order valence-electron chi connectivity index (χ0n) is 9.00. The van der Waals surface area contributed by atoms with E-state index in [0.29, 0.717) is 6.61 Å². The fraction of sp³-hybridized carbons (Fsp3) is 0.700. The molecule has 0 saturated carbocycles. The van der Waals surface area contributed by atoms with Crippen molar-refractivity contribution in [1.29, 1.82) is 0 Å². The van der Waals surface area contributed by atoms with Crippen molar-refractivity contribution in [2.45, 2.75) is 32.7 Å². The molecule has 0 fully saturated rings. The molecule has 0 aromatic heterocycles. The van der Waals surface area contributed by atoms with Gasteiger partial charge in [-0.25, -0.2) is 0 Å². The van der Waals surface area contributed by atoms with Crippen LogP contribution in [0.4, 0.5) is 13.2 Å². The fourth-order valence-electron chi connectivity index (χ4n) is 1.47. The highest BCUT2D eigenvalue weighted by Gasteiger charge is 2.43. The number of alkyl halides is 3. The fourth-order valence-corrected chi connectivity index (χ4v) is 1.47. The van der Waals surface area contributed by atoms with Crippen molar-refractivity contribution in [1.82, 2.24) is 0 Å². The van der Waals surface area contributed by atoms with Crippen molar-refractivity contribution in [3.8, 4) is 0 Å². The van der Waals surface area contributed by atoms with Gasteiger partial charge in [-0.3, -0.25) is 4.79 Å². The Bertz CT molecular complexity index is 296. The number of ketones is 1. The number of Topliss-reactive ketones (excluding diaryl/α,β-unsaturated/α-hetero) is 1. The number of carbonyl (C=O) groups excluding carboxylic acids is 1. The predicted octanol–water partition coefficient (Wildman–Crippen LogP) is 2.42. The van der Waals surface area contributed by atoms with E-state index in [4.69, 9.17) is 9.47 Å². The molecule has 0 bridgehead atoms. The van der Waals surface area contributed by atoms with E-state index >= 15 is 0 Å². The topological polar surface area (TPSA) is 35.5 Å². The first-order chi connectivity index (χ1) is 7.36. The first-order valence-corrected chi connectivity index (χ1v) is 4.95. The number of hydrogen-bond acceptors (Lipinski definition) is 3. The molecule has 2 unspecified atom stereocenters. The standard InChI is InChI=1S/C10H13F3O3/c1-3-15-8-4-6(2)7(5-16-8)9(14)10(11,12)13/h5-6,8H,3-4H2,1-2H3. The normalized spacial score (nSPS) is 25.9. The van der Waals surface area contributed by atoms with E-state index in [-0.39, 0.29) is 12.0 Å². The van der Waals surface area contributed by atoms with Crippen LogP contribution in [0.25, 0.3) is 0 Å². The number of halogens is 3. The molecule has 6 heteroatoms. The lowest BCUT2D eigenvalue weighted by molar-refractivity contribution is -0.169. The highest BCUT2D eigenvalue weighted by molar-refractivity contribution is 5.99. The molecule has 0 saturated heterocycles. The molecule has 1 rings (SSSR count). The smallest absolute Gasteiger partial charge is 0.454 e. The maximum Gasteiger partial charge on any atom is 0.454 e. The third kappa shape index (κ3) is 2.98. The molecule has 92 valence electrons. The molecule has 1 heterocycles. The third-order valence-corrected chi connectivity index (χ3v) is 2.30. The predicted molar refractivity (Wildman–Crippen MR) is 49.4 cm³/mol. The minimum absolute atomic E-state index is 0.251. The van der Waals surface area contributed by atoms with Gasteiger partial charge in [0.1, 0.15) is 0 Å². The van der Waals surface area contributed by atoms with Crippen LogP contribution >= 0.6 is 0 Å². The van der Waals surface area contributed by atoms with Crippen LogP contribution in [0, 0.1) is 5.92 Å². The van der Waals surface area contributed by atoms with Gasteiger partial charge in [-0.1, -0.05) is 6.92 Å². The molecule has 0 aliphatic carbocycles. The van der Waals surface area contributed by atoms with Crippen LogP contribution in [0.2, 0.25) is 0 Å². The number of allylic oxidation sites excluding steroid dienone is 1. The number of ether oxygens (including phenoxy) is 2. The average molecular weight is 238 g/mol. The van der Waals surface area contributed by atoms with Crippen molar-refractivity contribution in [2.75, 3.05) is 6.61 Å². The summed E-state index contributed by atoms with van der Waals surface area (Å²) in [6.45, 7) is 3.71. The Balaban J connectivity index is 2.73.